The van der Waals surface area contributed by atoms with Crippen LogP contribution in [0.4, 0.5) is 4.79 Å². The van der Waals surface area contributed by atoms with Crippen LogP contribution in [0.5, 0.6) is 0 Å². The number of ether oxygens (including phenoxy) is 1. The standard InChI is InChI=1S/C19H27N3O3/c1-12(25-18(24)22-19(2,3)4)10-13-6-5-7-15-16(23)11-14(8-9-20)21-17(13)15/h5-7,11-12H,8-10,20H2,1-4H3,(H,21,23)(H,22,24). The number of carbonyl (C=O) groups excluding carboxylic acids is 1. The van der Waals surface area contributed by atoms with Crippen LogP contribution in [0.15, 0.2) is 29.1 Å². The van der Waals surface area contributed by atoms with E-state index >= 15 is 0 Å². The summed E-state index contributed by atoms with van der Waals surface area (Å²) in [6, 6.07) is 7.17. The summed E-state index contributed by atoms with van der Waals surface area (Å²) in [5.41, 5.74) is 7.74. The number of fused-ring (bicyclic) bond motifs is 1. The molecule has 0 spiro atoms. The van der Waals surface area contributed by atoms with Gasteiger partial charge in [0.05, 0.1) is 5.52 Å². The SMILES string of the molecule is CC(Cc1cccc2c(=O)cc(CCN)[nH]c12)OC(=O)NC(C)(C)C. The molecule has 0 aliphatic heterocycles. The lowest BCUT2D eigenvalue weighted by Crippen LogP contribution is -2.42. The van der Waals surface area contributed by atoms with E-state index in [0.717, 1.165) is 16.8 Å². The molecule has 2 rings (SSSR count). The van der Waals surface area contributed by atoms with E-state index in [-0.39, 0.29) is 17.1 Å². The van der Waals surface area contributed by atoms with E-state index < -0.39 is 6.09 Å². The van der Waals surface area contributed by atoms with Crippen LogP contribution in [0.1, 0.15) is 39.0 Å². The number of pyridine rings is 1. The zero-order valence-electron chi connectivity index (χ0n) is 15.3. The summed E-state index contributed by atoms with van der Waals surface area (Å²) in [7, 11) is 0. The smallest absolute Gasteiger partial charge is 0.407 e. The van der Waals surface area contributed by atoms with Gasteiger partial charge in [-0.1, -0.05) is 12.1 Å². The molecule has 1 heterocycles. The lowest BCUT2D eigenvalue weighted by atomic mass is 10.0. The topological polar surface area (TPSA) is 97.2 Å². The van der Waals surface area contributed by atoms with E-state index in [1.165, 1.54) is 0 Å². The van der Waals surface area contributed by atoms with Gasteiger partial charge < -0.3 is 20.8 Å². The van der Waals surface area contributed by atoms with Crippen LogP contribution in [-0.4, -0.2) is 29.3 Å². The van der Waals surface area contributed by atoms with Crippen LogP contribution in [0, 0.1) is 0 Å². The van der Waals surface area contributed by atoms with Crippen LogP contribution in [-0.2, 0) is 17.6 Å². The zero-order chi connectivity index (χ0) is 18.6. The number of aromatic nitrogens is 1. The number of nitrogens with two attached hydrogens (primary N) is 1. The van der Waals surface area contributed by atoms with E-state index in [0.29, 0.717) is 24.8 Å². The Hall–Kier alpha value is -2.34. The molecule has 0 radical (unpaired) electrons. The Morgan fingerprint density at radius 2 is 2.08 bits per heavy atom. The number of carbonyl (C=O) groups is 1. The number of rotatable bonds is 5. The molecule has 1 atom stereocenters. The molecule has 25 heavy (non-hydrogen) atoms. The third kappa shape index (κ3) is 5.32. The summed E-state index contributed by atoms with van der Waals surface area (Å²) in [5.74, 6) is 0. The van der Waals surface area contributed by atoms with Gasteiger partial charge in [-0.25, -0.2) is 4.79 Å². The van der Waals surface area contributed by atoms with Crippen molar-refractivity contribution in [2.75, 3.05) is 6.54 Å². The quantitative estimate of drug-likeness (QED) is 0.775. The van der Waals surface area contributed by atoms with E-state index in [4.69, 9.17) is 10.5 Å². The molecule has 0 bridgehead atoms. The average molecular weight is 345 g/mol. The van der Waals surface area contributed by atoms with Gasteiger partial charge in [-0.3, -0.25) is 4.79 Å². The summed E-state index contributed by atoms with van der Waals surface area (Å²) in [5, 5.41) is 3.40. The molecule has 1 unspecified atom stereocenters. The maximum absolute atomic E-state index is 12.3. The molecule has 0 aliphatic carbocycles. The highest BCUT2D eigenvalue weighted by atomic mass is 16.6. The summed E-state index contributed by atoms with van der Waals surface area (Å²) in [4.78, 5) is 27.5. The Kier molecular flexibility index (Phi) is 5.85. The van der Waals surface area contributed by atoms with Gasteiger partial charge in [0, 0.05) is 29.1 Å². The molecular weight excluding hydrogens is 318 g/mol. The van der Waals surface area contributed by atoms with E-state index in [2.05, 4.69) is 10.3 Å². The van der Waals surface area contributed by atoms with Crippen molar-refractivity contribution in [3.63, 3.8) is 0 Å². The molecule has 6 heteroatoms. The molecule has 4 N–H and O–H groups in total. The van der Waals surface area contributed by atoms with Crippen molar-refractivity contribution < 1.29 is 9.53 Å². The zero-order valence-corrected chi connectivity index (χ0v) is 15.3. The van der Waals surface area contributed by atoms with Crippen molar-refractivity contribution >= 4 is 17.0 Å². The third-order valence-corrected chi connectivity index (χ3v) is 3.71. The number of amides is 1. The highest BCUT2D eigenvalue weighted by Gasteiger charge is 2.18. The highest BCUT2D eigenvalue weighted by molar-refractivity contribution is 5.82. The van der Waals surface area contributed by atoms with E-state index in [1.54, 1.807) is 12.1 Å². The van der Waals surface area contributed by atoms with Crippen molar-refractivity contribution in [3.8, 4) is 0 Å². The van der Waals surface area contributed by atoms with Crippen LogP contribution < -0.4 is 16.5 Å². The Balaban J connectivity index is 2.22. The minimum atomic E-state index is -0.447. The van der Waals surface area contributed by atoms with Crippen LogP contribution in [0.3, 0.4) is 0 Å². The molecule has 0 fully saturated rings. The Morgan fingerprint density at radius 1 is 1.36 bits per heavy atom. The van der Waals surface area contributed by atoms with Gasteiger partial charge in [0.1, 0.15) is 6.10 Å². The van der Waals surface area contributed by atoms with E-state index in [9.17, 15) is 9.59 Å². The third-order valence-electron chi connectivity index (χ3n) is 3.71. The fraction of sp³-hybridized carbons (Fsp3) is 0.474. The number of benzene rings is 1. The van der Waals surface area contributed by atoms with Crippen molar-refractivity contribution in [2.24, 2.45) is 5.73 Å². The predicted octanol–water partition coefficient (Wildman–Crippen LogP) is 2.49. The second kappa shape index (κ2) is 7.70. The summed E-state index contributed by atoms with van der Waals surface area (Å²) >= 11 is 0. The Morgan fingerprint density at radius 3 is 2.72 bits per heavy atom. The number of aromatic amines is 1. The maximum Gasteiger partial charge on any atom is 0.407 e. The first-order valence-electron chi connectivity index (χ1n) is 8.52. The highest BCUT2D eigenvalue weighted by Crippen LogP contribution is 2.17. The van der Waals surface area contributed by atoms with Crippen molar-refractivity contribution in [3.05, 3.63) is 45.7 Å². The van der Waals surface area contributed by atoms with Gasteiger partial charge in [-0.05, 0) is 52.3 Å². The Bertz CT molecular complexity index is 806. The second-order valence-electron chi connectivity index (χ2n) is 7.33. The van der Waals surface area contributed by atoms with Crippen LogP contribution in [0.25, 0.3) is 10.9 Å². The minimum Gasteiger partial charge on any atom is -0.446 e. The first kappa shape index (κ1) is 19.0. The number of hydrogen-bond acceptors (Lipinski definition) is 4. The van der Waals surface area contributed by atoms with Crippen molar-refractivity contribution in [2.45, 2.75) is 52.2 Å². The van der Waals surface area contributed by atoms with Crippen molar-refractivity contribution in [1.82, 2.24) is 10.3 Å². The number of alkyl carbamates (subject to hydrolysis) is 1. The molecule has 0 saturated carbocycles. The number of hydrogen-bond donors (Lipinski definition) is 3. The van der Waals surface area contributed by atoms with Crippen LogP contribution >= 0.6 is 0 Å². The molecule has 1 aromatic heterocycles. The normalized spacial score (nSPS) is 12.8. The molecule has 6 nitrogen and oxygen atoms in total. The van der Waals surface area contributed by atoms with Gasteiger partial charge in [0.25, 0.3) is 0 Å². The summed E-state index contributed by atoms with van der Waals surface area (Å²) < 4.78 is 5.43. The largest absolute Gasteiger partial charge is 0.446 e. The predicted molar refractivity (Wildman–Crippen MR) is 99.9 cm³/mol. The number of nitrogens with one attached hydrogen (secondary N) is 2. The minimum absolute atomic E-state index is 0.0295. The molecule has 0 aliphatic rings. The average Bonchev–Trinajstić information content (AvgIpc) is 2.46. The van der Waals surface area contributed by atoms with Crippen molar-refractivity contribution in [1.29, 1.82) is 0 Å². The molecule has 1 amide bonds. The fourth-order valence-corrected chi connectivity index (χ4v) is 2.72. The van der Waals surface area contributed by atoms with Gasteiger partial charge in [-0.15, -0.1) is 0 Å². The first-order chi connectivity index (χ1) is 11.7. The second-order valence-corrected chi connectivity index (χ2v) is 7.33. The molecule has 2 aromatic rings. The van der Waals surface area contributed by atoms with Gasteiger partial charge in [-0.2, -0.15) is 0 Å². The van der Waals surface area contributed by atoms with Crippen LogP contribution in [0.2, 0.25) is 0 Å². The van der Waals surface area contributed by atoms with Gasteiger partial charge >= 0.3 is 6.09 Å². The number of H-pyrrole nitrogens is 1. The first-order valence-corrected chi connectivity index (χ1v) is 8.52. The summed E-state index contributed by atoms with van der Waals surface area (Å²) in [6.07, 6.45) is 0.350. The molecule has 1 aromatic carbocycles. The fourth-order valence-electron chi connectivity index (χ4n) is 2.72. The molecular formula is C19H27N3O3. The van der Waals surface area contributed by atoms with Gasteiger partial charge in [0.2, 0.25) is 0 Å². The van der Waals surface area contributed by atoms with Gasteiger partial charge in [0.15, 0.2) is 5.43 Å². The molecule has 136 valence electrons. The molecule has 0 saturated heterocycles. The summed E-state index contributed by atoms with van der Waals surface area (Å²) in [6.45, 7) is 7.99. The lowest BCUT2D eigenvalue weighted by molar-refractivity contribution is 0.100. The maximum atomic E-state index is 12.3. The Labute approximate surface area is 147 Å². The lowest BCUT2D eigenvalue weighted by Gasteiger charge is -2.22. The number of para-hydroxylation sites is 1. The van der Waals surface area contributed by atoms with E-state index in [1.807, 2.05) is 39.8 Å². The monoisotopic (exact) mass is 345 g/mol.